The molecule has 6 rings (SSSR count). The summed E-state index contributed by atoms with van der Waals surface area (Å²) in [5, 5.41) is 13.8. The summed E-state index contributed by atoms with van der Waals surface area (Å²) >= 11 is 0. The highest BCUT2D eigenvalue weighted by Crippen LogP contribution is 2.40. The maximum absolute atomic E-state index is 12.7. The van der Waals surface area contributed by atoms with E-state index in [4.69, 9.17) is 10.3 Å². The number of anilines is 2. The van der Waals surface area contributed by atoms with Gasteiger partial charge in [0.05, 0.1) is 29.3 Å². The molecular weight excluding hydrogens is 508 g/mol. The van der Waals surface area contributed by atoms with E-state index in [-0.39, 0.29) is 17.7 Å². The number of rotatable bonds is 7. The number of nitriles is 1. The first kappa shape index (κ1) is 25.9. The lowest BCUT2D eigenvalue weighted by atomic mass is 9.99. The van der Waals surface area contributed by atoms with E-state index in [0.717, 1.165) is 50.1 Å². The van der Waals surface area contributed by atoms with Crippen molar-refractivity contribution in [2.45, 2.75) is 6.42 Å². The molecule has 1 fully saturated rings. The van der Waals surface area contributed by atoms with E-state index >= 15 is 0 Å². The van der Waals surface area contributed by atoms with Gasteiger partial charge in [-0.05, 0) is 41.6 Å². The van der Waals surface area contributed by atoms with Gasteiger partial charge in [-0.3, -0.25) is 9.78 Å². The van der Waals surface area contributed by atoms with E-state index in [1.54, 1.807) is 12.4 Å². The SMILES string of the molecule is CN(C)c1ccncc1-c1cc(N=C(c2ccccc2)c2ccccc2)c2cnc(NC(=O)[C@@H]3CC3C#N)cc2c1. The van der Waals surface area contributed by atoms with Crippen LogP contribution in [0.1, 0.15) is 17.5 Å². The highest BCUT2D eigenvalue weighted by molar-refractivity contribution is 6.15. The number of hydrogen-bond acceptors (Lipinski definition) is 6. The molecule has 2 heterocycles. The molecule has 7 nitrogen and oxygen atoms in total. The maximum atomic E-state index is 12.7. The van der Waals surface area contributed by atoms with Crippen LogP contribution in [0.2, 0.25) is 0 Å². The van der Waals surface area contributed by atoms with Gasteiger partial charge in [-0.1, -0.05) is 60.7 Å². The van der Waals surface area contributed by atoms with Crippen LogP contribution >= 0.6 is 0 Å². The van der Waals surface area contributed by atoms with Gasteiger partial charge in [0.1, 0.15) is 5.82 Å². The van der Waals surface area contributed by atoms with E-state index in [2.05, 4.69) is 62.7 Å². The summed E-state index contributed by atoms with van der Waals surface area (Å²) < 4.78 is 0. The van der Waals surface area contributed by atoms with Gasteiger partial charge >= 0.3 is 0 Å². The van der Waals surface area contributed by atoms with Crippen LogP contribution < -0.4 is 10.2 Å². The largest absolute Gasteiger partial charge is 0.377 e. The van der Waals surface area contributed by atoms with Crippen LogP contribution in [0.15, 0.2) is 109 Å². The van der Waals surface area contributed by atoms with E-state index in [9.17, 15) is 4.79 Å². The van der Waals surface area contributed by atoms with Crippen molar-refractivity contribution in [3.8, 4) is 17.2 Å². The van der Waals surface area contributed by atoms with E-state index in [0.29, 0.717) is 12.2 Å². The van der Waals surface area contributed by atoms with Crippen LogP contribution in [0.3, 0.4) is 0 Å². The maximum Gasteiger partial charge on any atom is 0.230 e. The third-order valence-corrected chi connectivity index (χ3v) is 7.28. The molecule has 1 N–H and O–H groups in total. The zero-order valence-electron chi connectivity index (χ0n) is 22.8. The summed E-state index contributed by atoms with van der Waals surface area (Å²) in [7, 11) is 4.01. The van der Waals surface area contributed by atoms with E-state index in [1.165, 1.54) is 0 Å². The summed E-state index contributed by atoms with van der Waals surface area (Å²) in [6.45, 7) is 0. The number of aliphatic imine (C=N–C) groups is 1. The van der Waals surface area contributed by atoms with Gasteiger partial charge < -0.3 is 10.2 Å². The van der Waals surface area contributed by atoms with Gasteiger partial charge in [-0.25, -0.2) is 9.98 Å². The second-order valence-corrected chi connectivity index (χ2v) is 10.3. The molecule has 1 saturated carbocycles. The van der Waals surface area contributed by atoms with Crippen molar-refractivity contribution in [2.75, 3.05) is 24.3 Å². The molecule has 200 valence electrons. The second-order valence-electron chi connectivity index (χ2n) is 10.3. The van der Waals surface area contributed by atoms with Gasteiger partial charge in [-0.15, -0.1) is 0 Å². The first-order chi connectivity index (χ1) is 20.0. The monoisotopic (exact) mass is 536 g/mol. The Hall–Kier alpha value is -5.35. The molecular formula is C34H28N6O. The Morgan fingerprint density at radius 3 is 2.32 bits per heavy atom. The Morgan fingerprint density at radius 1 is 0.976 bits per heavy atom. The molecule has 1 unspecified atom stereocenters. The molecule has 1 aliphatic rings. The number of carbonyl (C=O) groups excluding carboxylic acids is 1. The number of carbonyl (C=O) groups is 1. The molecule has 2 atom stereocenters. The predicted molar refractivity (Wildman–Crippen MR) is 163 cm³/mol. The van der Waals surface area contributed by atoms with Crippen LogP contribution in [-0.2, 0) is 4.79 Å². The van der Waals surface area contributed by atoms with Crippen LogP contribution in [0.4, 0.5) is 17.2 Å². The Balaban J connectivity index is 1.54. The number of amides is 1. The minimum atomic E-state index is -0.277. The third kappa shape index (κ3) is 5.41. The highest BCUT2D eigenvalue weighted by Gasteiger charge is 2.43. The van der Waals surface area contributed by atoms with Crippen LogP contribution in [0.25, 0.3) is 21.9 Å². The van der Waals surface area contributed by atoms with Gasteiger partial charge in [0, 0.05) is 60.4 Å². The number of nitrogens with one attached hydrogen (secondary N) is 1. The quantitative estimate of drug-likeness (QED) is 0.236. The minimum Gasteiger partial charge on any atom is -0.377 e. The zero-order valence-corrected chi connectivity index (χ0v) is 22.8. The fraction of sp³-hybridized carbons (Fsp3) is 0.147. The topological polar surface area (TPSA) is 94.3 Å². The number of pyridine rings is 2. The molecule has 0 spiro atoms. The number of fused-ring (bicyclic) bond motifs is 1. The smallest absolute Gasteiger partial charge is 0.230 e. The van der Waals surface area contributed by atoms with Crippen molar-refractivity contribution in [1.82, 2.24) is 9.97 Å². The molecule has 0 saturated heterocycles. The first-order valence-electron chi connectivity index (χ1n) is 13.5. The molecule has 3 aromatic carbocycles. The number of benzene rings is 3. The standard InChI is InChI=1S/C34H28N6O/c1-40(2)31-13-14-36-20-29(31)24-15-25-18-32(39-34(41)27-16-26(27)19-35)37-21-28(25)30(17-24)38-33(22-9-5-3-6-10-22)23-11-7-4-8-12-23/h3-15,17-18,20-21,26-27H,16H2,1-2H3,(H,37,39,41)/t26?,27-/m1/s1. The first-order valence-corrected chi connectivity index (χ1v) is 13.5. The minimum absolute atomic E-state index is 0.171. The van der Waals surface area contributed by atoms with Gasteiger partial charge in [0.2, 0.25) is 5.91 Å². The summed E-state index contributed by atoms with van der Waals surface area (Å²) in [5.41, 5.74) is 6.54. The van der Waals surface area contributed by atoms with Crippen molar-refractivity contribution in [1.29, 1.82) is 5.26 Å². The van der Waals surface area contributed by atoms with Crippen molar-refractivity contribution in [3.05, 3.63) is 115 Å². The second kappa shape index (κ2) is 11.0. The van der Waals surface area contributed by atoms with Crippen molar-refractivity contribution < 1.29 is 4.79 Å². The fourth-order valence-electron chi connectivity index (χ4n) is 5.01. The Labute approximate surface area is 238 Å². The van der Waals surface area contributed by atoms with E-state index in [1.807, 2.05) is 68.8 Å². The summed E-state index contributed by atoms with van der Waals surface area (Å²) in [4.78, 5) is 29.0. The lowest BCUT2D eigenvalue weighted by Crippen LogP contribution is -2.15. The van der Waals surface area contributed by atoms with E-state index < -0.39 is 0 Å². The molecule has 1 aliphatic carbocycles. The summed E-state index contributed by atoms with van der Waals surface area (Å²) in [6, 6.07) is 30.4. The van der Waals surface area contributed by atoms with Crippen LogP contribution in [0, 0.1) is 23.2 Å². The number of nitrogens with zero attached hydrogens (tertiary/aromatic N) is 5. The van der Waals surface area contributed by atoms with Crippen LogP contribution in [0.5, 0.6) is 0 Å². The summed E-state index contributed by atoms with van der Waals surface area (Å²) in [6.07, 6.45) is 5.99. The molecule has 0 bridgehead atoms. The van der Waals surface area contributed by atoms with Crippen molar-refractivity contribution >= 4 is 39.6 Å². The number of aromatic nitrogens is 2. The molecule has 1 amide bonds. The Kier molecular flexibility index (Phi) is 6.97. The predicted octanol–water partition coefficient (Wildman–Crippen LogP) is 6.63. The zero-order chi connectivity index (χ0) is 28.3. The molecule has 7 heteroatoms. The average Bonchev–Trinajstić information content (AvgIpc) is 3.81. The lowest BCUT2D eigenvalue weighted by molar-refractivity contribution is -0.117. The normalized spacial score (nSPS) is 15.5. The molecule has 5 aromatic rings. The van der Waals surface area contributed by atoms with Gasteiger partial charge in [0.25, 0.3) is 0 Å². The fourth-order valence-corrected chi connectivity index (χ4v) is 5.01. The Bertz CT molecular complexity index is 1770. The lowest BCUT2D eigenvalue weighted by Gasteiger charge is -2.18. The molecule has 0 radical (unpaired) electrons. The summed E-state index contributed by atoms with van der Waals surface area (Å²) in [5.74, 6) is -0.215. The van der Waals surface area contributed by atoms with Gasteiger partial charge in [0.15, 0.2) is 0 Å². The van der Waals surface area contributed by atoms with Crippen molar-refractivity contribution in [2.24, 2.45) is 16.8 Å². The number of hydrogen-bond donors (Lipinski definition) is 1. The highest BCUT2D eigenvalue weighted by atomic mass is 16.2. The van der Waals surface area contributed by atoms with Crippen molar-refractivity contribution in [3.63, 3.8) is 0 Å². The molecule has 41 heavy (non-hydrogen) atoms. The Morgan fingerprint density at radius 2 is 1.68 bits per heavy atom. The van der Waals surface area contributed by atoms with Crippen LogP contribution in [-0.4, -0.2) is 35.7 Å². The molecule has 2 aromatic heterocycles. The average molecular weight is 537 g/mol. The third-order valence-electron chi connectivity index (χ3n) is 7.28. The molecule has 0 aliphatic heterocycles. The van der Waals surface area contributed by atoms with Gasteiger partial charge in [-0.2, -0.15) is 5.26 Å².